The SMILES string of the molecule is CCC(C)(C)C(=O)NCCCNCCC(=O)Nc1cccc(O[B]O)c1. The molecule has 0 unspecified atom stereocenters. The predicted octanol–water partition coefficient (Wildman–Crippen LogP) is 1.45. The number of hydrogen-bond donors (Lipinski definition) is 4. The number of anilines is 1. The predicted molar refractivity (Wildman–Crippen MR) is 103 cm³/mol. The standard InChI is InChI=1S/C18H29BN3O4/c1-4-18(2,3)17(24)21-11-6-10-20-12-9-16(23)22-14-7-5-8-15(13-14)26-19-25/h5,7-8,13,20,25H,4,6,9-12H2,1-3H3,(H,21,24)(H,22,23). The summed E-state index contributed by atoms with van der Waals surface area (Å²) in [6, 6.07) is 6.76. The van der Waals surface area contributed by atoms with Gasteiger partial charge in [0.05, 0.1) is 0 Å². The van der Waals surface area contributed by atoms with Crippen LogP contribution in [-0.2, 0) is 9.59 Å². The summed E-state index contributed by atoms with van der Waals surface area (Å²) in [5.74, 6) is 0.404. The highest BCUT2D eigenvalue weighted by atomic mass is 16.5. The lowest BCUT2D eigenvalue weighted by Crippen LogP contribution is -2.37. The lowest BCUT2D eigenvalue weighted by atomic mass is 9.89. The van der Waals surface area contributed by atoms with Crippen molar-refractivity contribution >= 4 is 25.2 Å². The number of carbonyl (C=O) groups excluding carboxylic acids is 2. The van der Waals surface area contributed by atoms with Crippen LogP contribution in [0.15, 0.2) is 24.3 Å². The maximum atomic E-state index is 11.9. The van der Waals surface area contributed by atoms with Gasteiger partial charge in [-0.25, -0.2) is 0 Å². The van der Waals surface area contributed by atoms with Crippen molar-refractivity contribution in [3.8, 4) is 5.75 Å². The molecular weight excluding hydrogens is 333 g/mol. The number of nitrogens with one attached hydrogen (secondary N) is 3. The zero-order chi connectivity index (χ0) is 19.4. The van der Waals surface area contributed by atoms with Gasteiger partial charge < -0.3 is 25.6 Å². The van der Waals surface area contributed by atoms with Crippen molar-refractivity contribution in [2.45, 2.75) is 40.0 Å². The van der Waals surface area contributed by atoms with Gasteiger partial charge in [0.1, 0.15) is 5.75 Å². The molecule has 143 valence electrons. The van der Waals surface area contributed by atoms with E-state index >= 15 is 0 Å². The molecule has 0 aliphatic carbocycles. The second kappa shape index (κ2) is 11.5. The lowest BCUT2D eigenvalue weighted by Gasteiger charge is -2.21. The summed E-state index contributed by atoms with van der Waals surface area (Å²) in [4.78, 5) is 23.8. The number of carbonyl (C=O) groups is 2. The van der Waals surface area contributed by atoms with Crippen LogP contribution in [0.25, 0.3) is 0 Å². The fraction of sp³-hybridized carbons (Fsp3) is 0.556. The van der Waals surface area contributed by atoms with Crippen molar-refractivity contribution in [1.82, 2.24) is 10.6 Å². The molecule has 8 heteroatoms. The molecule has 26 heavy (non-hydrogen) atoms. The Morgan fingerprint density at radius 2 is 2.00 bits per heavy atom. The highest BCUT2D eigenvalue weighted by molar-refractivity contribution is 6.17. The molecule has 0 saturated heterocycles. The summed E-state index contributed by atoms with van der Waals surface area (Å²) >= 11 is 0. The van der Waals surface area contributed by atoms with Gasteiger partial charge in [-0.3, -0.25) is 9.59 Å². The first-order valence-electron chi connectivity index (χ1n) is 8.90. The minimum Gasteiger partial charge on any atom is -0.537 e. The van der Waals surface area contributed by atoms with E-state index in [1.165, 1.54) is 0 Å². The maximum Gasteiger partial charge on any atom is 0.569 e. The van der Waals surface area contributed by atoms with Crippen LogP contribution in [0.5, 0.6) is 5.75 Å². The Balaban J connectivity index is 2.13. The van der Waals surface area contributed by atoms with Gasteiger partial charge in [0.25, 0.3) is 0 Å². The summed E-state index contributed by atoms with van der Waals surface area (Å²) in [7, 11) is 0.594. The molecule has 0 spiro atoms. The molecule has 2 amide bonds. The molecule has 0 atom stereocenters. The maximum absolute atomic E-state index is 11.9. The van der Waals surface area contributed by atoms with E-state index in [1.54, 1.807) is 24.3 Å². The van der Waals surface area contributed by atoms with E-state index < -0.39 is 0 Å². The summed E-state index contributed by atoms with van der Waals surface area (Å²) < 4.78 is 4.85. The molecule has 1 radical (unpaired) electrons. The van der Waals surface area contributed by atoms with E-state index in [0.29, 0.717) is 38.6 Å². The van der Waals surface area contributed by atoms with E-state index in [0.717, 1.165) is 19.4 Å². The van der Waals surface area contributed by atoms with Crippen LogP contribution >= 0.6 is 0 Å². The molecule has 0 aromatic heterocycles. The van der Waals surface area contributed by atoms with Crippen LogP contribution in [0, 0.1) is 5.41 Å². The first-order valence-corrected chi connectivity index (χ1v) is 8.90. The Morgan fingerprint density at radius 3 is 2.69 bits per heavy atom. The number of benzene rings is 1. The van der Waals surface area contributed by atoms with Gasteiger partial charge in [-0.05, 0) is 31.5 Å². The first kappa shape index (κ1) is 22.0. The summed E-state index contributed by atoms with van der Waals surface area (Å²) in [6.07, 6.45) is 1.95. The van der Waals surface area contributed by atoms with Crippen molar-refractivity contribution in [2.75, 3.05) is 25.0 Å². The van der Waals surface area contributed by atoms with Crippen LogP contribution in [0.4, 0.5) is 5.69 Å². The van der Waals surface area contributed by atoms with Gasteiger partial charge in [-0.1, -0.05) is 26.8 Å². The topological polar surface area (TPSA) is 99.7 Å². The third-order valence-electron chi connectivity index (χ3n) is 4.15. The van der Waals surface area contributed by atoms with Crippen molar-refractivity contribution in [2.24, 2.45) is 5.41 Å². The highest BCUT2D eigenvalue weighted by Gasteiger charge is 2.24. The van der Waals surface area contributed by atoms with Gasteiger partial charge >= 0.3 is 7.69 Å². The van der Waals surface area contributed by atoms with Crippen LogP contribution < -0.4 is 20.6 Å². The van der Waals surface area contributed by atoms with Crippen LogP contribution in [0.1, 0.15) is 40.0 Å². The molecule has 0 aliphatic heterocycles. The van der Waals surface area contributed by atoms with Gasteiger partial charge in [0, 0.05) is 36.7 Å². The molecule has 1 aromatic carbocycles. The third-order valence-corrected chi connectivity index (χ3v) is 4.15. The second-order valence-corrected chi connectivity index (χ2v) is 6.65. The molecule has 0 saturated carbocycles. The average Bonchev–Trinajstić information content (AvgIpc) is 2.61. The molecule has 1 aromatic rings. The van der Waals surface area contributed by atoms with Crippen molar-refractivity contribution in [3.63, 3.8) is 0 Å². The van der Waals surface area contributed by atoms with E-state index in [9.17, 15) is 9.59 Å². The zero-order valence-electron chi connectivity index (χ0n) is 15.8. The third kappa shape index (κ3) is 8.35. The smallest absolute Gasteiger partial charge is 0.537 e. The minimum absolute atomic E-state index is 0.0735. The normalized spacial score (nSPS) is 10.9. The zero-order valence-corrected chi connectivity index (χ0v) is 15.8. The molecule has 0 aliphatic rings. The monoisotopic (exact) mass is 362 g/mol. The van der Waals surface area contributed by atoms with Crippen LogP contribution in [0.2, 0.25) is 0 Å². The molecule has 0 bridgehead atoms. The van der Waals surface area contributed by atoms with Gasteiger partial charge in [-0.2, -0.15) is 0 Å². The van der Waals surface area contributed by atoms with Crippen molar-refractivity contribution in [1.29, 1.82) is 0 Å². The average molecular weight is 362 g/mol. The van der Waals surface area contributed by atoms with E-state index in [-0.39, 0.29) is 17.2 Å². The molecular formula is C18H29BN3O4. The highest BCUT2D eigenvalue weighted by Crippen LogP contribution is 2.19. The van der Waals surface area contributed by atoms with E-state index in [4.69, 9.17) is 9.68 Å². The Labute approximate surface area is 156 Å². The molecule has 1 rings (SSSR count). The summed E-state index contributed by atoms with van der Waals surface area (Å²) in [5, 5.41) is 17.5. The Kier molecular flexibility index (Phi) is 9.76. The molecule has 0 heterocycles. The quantitative estimate of drug-likeness (QED) is 0.333. The van der Waals surface area contributed by atoms with Crippen LogP contribution in [-0.4, -0.2) is 44.2 Å². The Bertz CT molecular complexity index is 581. The molecule has 7 nitrogen and oxygen atoms in total. The fourth-order valence-corrected chi connectivity index (χ4v) is 2.07. The van der Waals surface area contributed by atoms with Gasteiger partial charge in [-0.15, -0.1) is 0 Å². The van der Waals surface area contributed by atoms with Gasteiger partial charge in [0.15, 0.2) is 0 Å². The number of hydrogen-bond acceptors (Lipinski definition) is 5. The summed E-state index contributed by atoms with van der Waals surface area (Å²) in [6.45, 7) is 7.78. The Morgan fingerprint density at radius 1 is 1.23 bits per heavy atom. The van der Waals surface area contributed by atoms with E-state index in [2.05, 4.69) is 16.0 Å². The largest absolute Gasteiger partial charge is 0.569 e. The fourth-order valence-electron chi connectivity index (χ4n) is 2.07. The molecule has 4 N–H and O–H groups in total. The Hall–Kier alpha value is -2.06. The van der Waals surface area contributed by atoms with E-state index in [1.807, 2.05) is 20.8 Å². The summed E-state index contributed by atoms with van der Waals surface area (Å²) in [5.41, 5.74) is 0.277. The second-order valence-electron chi connectivity index (χ2n) is 6.65. The molecule has 0 fully saturated rings. The first-order chi connectivity index (χ1) is 12.4. The number of rotatable bonds is 12. The minimum atomic E-state index is -0.330. The van der Waals surface area contributed by atoms with Crippen molar-refractivity contribution < 1.29 is 19.3 Å². The lowest BCUT2D eigenvalue weighted by molar-refractivity contribution is -0.129. The van der Waals surface area contributed by atoms with Crippen molar-refractivity contribution in [3.05, 3.63) is 24.3 Å². The van der Waals surface area contributed by atoms with Gasteiger partial charge in [0.2, 0.25) is 11.8 Å². The van der Waals surface area contributed by atoms with Crippen LogP contribution in [0.3, 0.4) is 0 Å². The number of amides is 2.